The SMILES string of the molecule is COC(=O)c1cccc(S(=O)(=O)N[C@H](c2ccccc2)c2ccc(C)cc2C)c1. The van der Waals surface area contributed by atoms with Crippen molar-refractivity contribution in [1.29, 1.82) is 0 Å². The van der Waals surface area contributed by atoms with Crippen LogP contribution in [0.15, 0.2) is 77.7 Å². The van der Waals surface area contributed by atoms with Gasteiger partial charge >= 0.3 is 5.97 Å². The summed E-state index contributed by atoms with van der Waals surface area (Å²) in [7, 11) is -2.65. The lowest BCUT2D eigenvalue weighted by atomic mass is 9.95. The van der Waals surface area contributed by atoms with E-state index in [9.17, 15) is 13.2 Å². The Balaban J connectivity index is 2.05. The minimum atomic E-state index is -3.90. The van der Waals surface area contributed by atoms with E-state index in [4.69, 9.17) is 4.74 Å². The number of hydrogen-bond donors (Lipinski definition) is 1. The van der Waals surface area contributed by atoms with Crippen molar-refractivity contribution in [2.24, 2.45) is 0 Å². The Labute approximate surface area is 171 Å². The largest absolute Gasteiger partial charge is 0.465 e. The van der Waals surface area contributed by atoms with Gasteiger partial charge in [0.2, 0.25) is 10.0 Å². The van der Waals surface area contributed by atoms with Crippen LogP contribution < -0.4 is 4.72 Å². The Morgan fingerprint density at radius 2 is 1.66 bits per heavy atom. The zero-order chi connectivity index (χ0) is 21.0. The molecule has 3 rings (SSSR count). The predicted molar refractivity (Wildman–Crippen MR) is 112 cm³/mol. The van der Waals surface area contributed by atoms with Gasteiger partial charge in [-0.3, -0.25) is 0 Å². The number of ether oxygens (including phenoxy) is 1. The van der Waals surface area contributed by atoms with Crippen LogP contribution in [0.1, 0.15) is 38.7 Å². The highest BCUT2D eigenvalue weighted by molar-refractivity contribution is 7.89. The van der Waals surface area contributed by atoms with Crippen LogP contribution in [0.2, 0.25) is 0 Å². The number of esters is 1. The van der Waals surface area contributed by atoms with E-state index in [1.54, 1.807) is 0 Å². The van der Waals surface area contributed by atoms with Gasteiger partial charge in [-0.15, -0.1) is 0 Å². The van der Waals surface area contributed by atoms with Crippen molar-refractivity contribution < 1.29 is 17.9 Å². The molecule has 0 fully saturated rings. The Bertz CT molecular complexity index is 1120. The summed E-state index contributed by atoms with van der Waals surface area (Å²) in [6.45, 7) is 3.96. The van der Waals surface area contributed by atoms with Crippen molar-refractivity contribution >= 4 is 16.0 Å². The first-order chi connectivity index (χ1) is 13.8. The van der Waals surface area contributed by atoms with E-state index in [1.165, 1.54) is 31.4 Å². The van der Waals surface area contributed by atoms with Gasteiger partial charge in [-0.25, -0.2) is 13.2 Å². The topological polar surface area (TPSA) is 72.5 Å². The van der Waals surface area contributed by atoms with E-state index in [0.29, 0.717) is 0 Å². The minimum absolute atomic E-state index is 0.00564. The number of benzene rings is 3. The van der Waals surface area contributed by atoms with Gasteiger partial charge < -0.3 is 4.74 Å². The van der Waals surface area contributed by atoms with Crippen molar-refractivity contribution in [2.45, 2.75) is 24.8 Å². The number of hydrogen-bond acceptors (Lipinski definition) is 4. The summed E-state index contributed by atoms with van der Waals surface area (Å²) in [6, 6.07) is 20.6. The highest BCUT2D eigenvalue weighted by Gasteiger charge is 2.25. The molecule has 0 aliphatic heterocycles. The summed E-state index contributed by atoms with van der Waals surface area (Å²) in [4.78, 5) is 11.8. The van der Waals surface area contributed by atoms with E-state index in [2.05, 4.69) is 4.72 Å². The fourth-order valence-electron chi connectivity index (χ4n) is 3.24. The Kier molecular flexibility index (Phi) is 6.15. The van der Waals surface area contributed by atoms with Gasteiger partial charge in [-0.2, -0.15) is 4.72 Å². The summed E-state index contributed by atoms with van der Waals surface area (Å²) in [6.07, 6.45) is 0. The van der Waals surface area contributed by atoms with Crippen LogP contribution >= 0.6 is 0 Å². The van der Waals surface area contributed by atoms with Gasteiger partial charge in [-0.05, 0) is 48.7 Å². The monoisotopic (exact) mass is 409 g/mol. The standard InChI is InChI=1S/C23H23NO4S/c1-16-12-13-21(17(2)14-16)22(18-8-5-4-6-9-18)24-29(26,27)20-11-7-10-19(15-20)23(25)28-3/h4-15,22,24H,1-3H3/t22-/m1/s1. The molecule has 29 heavy (non-hydrogen) atoms. The molecule has 0 heterocycles. The van der Waals surface area contributed by atoms with Gasteiger partial charge in [-0.1, -0.05) is 60.2 Å². The maximum absolute atomic E-state index is 13.2. The number of nitrogens with one attached hydrogen (secondary N) is 1. The Morgan fingerprint density at radius 3 is 2.31 bits per heavy atom. The summed E-state index contributed by atoms with van der Waals surface area (Å²) in [5, 5.41) is 0. The second-order valence-corrected chi connectivity index (χ2v) is 8.56. The van der Waals surface area contributed by atoms with Crippen molar-refractivity contribution in [3.05, 3.63) is 101 Å². The second kappa shape index (κ2) is 8.59. The van der Waals surface area contributed by atoms with Crippen LogP contribution in [-0.2, 0) is 14.8 Å². The molecule has 0 bridgehead atoms. The molecule has 1 atom stereocenters. The molecule has 3 aromatic carbocycles. The van der Waals surface area contributed by atoms with E-state index in [0.717, 1.165) is 22.3 Å². The third-order valence-electron chi connectivity index (χ3n) is 4.71. The second-order valence-electron chi connectivity index (χ2n) is 6.84. The lowest BCUT2D eigenvalue weighted by Gasteiger charge is -2.22. The van der Waals surface area contributed by atoms with Crippen LogP contribution in [-0.4, -0.2) is 21.5 Å². The molecule has 150 valence electrons. The van der Waals surface area contributed by atoms with Crippen LogP contribution in [0, 0.1) is 13.8 Å². The molecule has 0 aliphatic rings. The highest BCUT2D eigenvalue weighted by atomic mass is 32.2. The number of aryl methyl sites for hydroxylation is 2. The summed E-state index contributed by atoms with van der Waals surface area (Å²) < 4.78 is 33.8. The van der Waals surface area contributed by atoms with Crippen molar-refractivity contribution in [3.8, 4) is 0 Å². The molecule has 1 N–H and O–H groups in total. The molecule has 6 heteroatoms. The molecule has 0 unspecified atom stereocenters. The molecule has 0 aromatic heterocycles. The average molecular weight is 410 g/mol. The zero-order valence-electron chi connectivity index (χ0n) is 16.5. The van der Waals surface area contributed by atoms with Gasteiger partial charge in [0, 0.05) is 0 Å². The molecular weight excluding hydrogens is 386 g/mol. The molecule has 5 nitrogen and oxygen atoms in total. The molecule has 3 aromatic rings. The van der Waals surface area contributed by atoms with Crippen LogP contribution in [0.5, 0.6) is 0 Å². The number of sulfonamides is 1. The third kappa shape index (κ3) is 4.72. The first-order valence-corrected chi connectivity index (χ1v) is 10.6. The smallest absolute Gasteiger partial charge is 0.337 e. The maximum Gasteiger partial charge on any atom is 0.337 e. The van der Waals surface area contributed by atoms with Crippen molar-refractivity contribution in [2.75, 3.05) is 7.11 Å². The fraction of sp³-hybridized carbons (Fsp3) is 0.174. The first kappa shape index (κ1) is 20.8. The summed E-state index contributed by atoms with van der Waals surface area (Å²) in [5.41, 5.74) is 3.97. The van der Waals surface area contributed by atoms with Gasteiger partial charge in [0.05, 0.1) is 23.6 Å². The molecule has 0 spiro atoms. The van der Waals surface area contributed by atoms with E-state index in [-0.39, 0.29) is 10.5 Å². The molecule has 0 amide bonds. The number of rotatable bonds is 6. The summed E-state index contributed by atoms with van der Waals surface area (Å²) >= 11 is 0. The lowest BCUT2D eigenvalue weighted by Crippen LogP contribution is -2.30. The molecular formula is C23H23NO4S. The molecule has 0 radical (unpaired) electrons. The van der Waals surface area contributed by atoms with Crippen LogP contribution in [0.3, 0.4) is 0 Å². The third-order valence-corrected chi connectivity index (χ3v) is 6.13. The van der Waals surface area contributed by atoms with Crippen molar-refractivity contribution in [1.82, 2.24) is 4.72 Å². The Hall–Kier alpha value is -2.96. The van der Waals surface area contributed by atoms with Crippen LogP contribution in [0.25, 0.3) is 0 Å². The quantitative estimate of drug-likeness (QED) is 0.621. The van der Waals surface area contributed by atoms with E-state index >= 15 is 0 Å². The van der Waals surface area contributed by atoms with Gasteiger partial charge in [0.15, 0.2) is 0 Å². The number of carbonyl (C=O) groups is 1. The number of methoxy groups -OCH3 is 1. The summed E-state index contributed by atoms with van der Waals surface area (Å²) in [5.74, 6) is -0.587. The van der Waals surface area contributed by atoms with Crippen LogP contribution in [0.4, 0.5) is 0 Å². The highest BCUT2D eigenvalue weighted by Crippen LogP contribution is 2.28. The fourth-order valence-corrected chi connectivity index (χ4v) is 4.49. The van der Waals surface area contributed by atoms with E-state index < -0.39 is 22.0 Å². The minimum Gasteiger partial charge on any atom is -0.465 e. The predicted octanol–water partition coefficient (Wildman–Crippen LogP) is 4.16. The van der Waals surface area contributed by atoms with Gasteiger partial charge in [0.1, 0.15) is 0 Å². The first-order valence-electron chi connectivity index (χ1n) is 9.14. The molecule has 0 aliphatic carbocycles. The Morgan fingerprint density at radius 1 is 0.931 bits per heavy atom. The average Bonchev–Trinajstić information content (AvgIpc) is 2.72. The van der Waals surface area contributed by atoms with Gasteiger partial charge in [0.25, 0.3) is 0 Å². The normalized spacial score (nSPS) is 12.4. The van der Waals surface area contributed by atoms with Crippen molar-refractivity contribution in [3.63, 3.8) is 0 Å². The maximum atomic E-state index is 13.2. The lowest BCUT2D eigenvalue weighted by molar-refractivity contribution is 0.0600. The van der Waals surface area contributed by atoms with E-state index in [1.807, 2.05) is 62.4 Å². The number of carbonyl (C=O) groups excluding carboxylic acids is 1. The molecule has 0 saturated heterocycles. The molecule has 0 saturated carbocycles. The zero-order valence-corrected chi connectivity index (χ0v) is 17.4.